The second-order valence-corrected chi connectivity index (χ2v) is 12.5. The van der Waals surface area contributed by atoms with Gasteiger partial charge in [0.1, 0.15) is 20.0 Å². The Balaban J connectivity index is 1.52. The molecule has 6 aromatic rings. The van der Waals surface area contributed by atoms with Crippen molar-refractivity contribution in [1.82, 2.24) is 0 Å². The predicted octanol–water partition coefficient (Wildman–Crippen LogP) is 10.3. The van der Waals surface area contributed by atoms with E-state index in [1.165, 1.54) is 42.8 Å². The zero-order valence-electron chi connectivity index (χ0n) is 20.0. The number of fused-ring (bicyclic) bond motifs is 2. The molecule has 0 fully saturated rings. The first-order valence-electron chi connectivity index (χ1n) is 12.2. The Morgan fingerprint density at radius 1 is 0.316 bits per heavy atom. The summed E-state index contributed by atoms with van der Waals surface area (Å²) in [4.78, 5) is 9.73. The molecule has 0 N–H and O–H groups in total. The van der Waals surface area contributed by atoms with Crippen LogP contribution in [0, 0.1) is 0 Å². The van der Waals surface area contributed by atoms with Gasteiger partial charge in [-0.1, -0.05) is 24.3 Å². The summed E-state index contributed by atoms with van der Waals surface area (Å²) in [6.45, 7) is 0. The molecule has 38 heavy (non-hydrogen) atoms. The van der Waals surface area contributed by atoms with Crippen LogP contribution in [-0.4, -0.2) is 0 Å². The lowest BCUT2D eigenvalue weighted by Gasteiger charge is -2.32. The summed E-state index contributed by atoms with van der Waals surface area (Å²) >= 11 is 7.05. The topological polar surface area (TPSA) is 13.0 Å². The first-order chi connectivity index (χ1) is 18.9. The Morgan fingerprint density at radius 3 is 0.789 bits per heavy atom. The van der Waals surface area contributed by atoms with Crippen molar-refractivity contribution < 1.29 is 0 Å². The van der Waals surface area contributed by atoms with Gasteiger partial charge >= 0.3 is 0 Å². The van der Waals surface area contributed by atoms with Crippen LogP contribution < -0.4 is 19.6 Å². The highest BCUT2D eigenvalue weighted by Gasteiger charge is 2.44. The smallest absolute Gasteiger partial charge is 0.167 e. The molecule has 8 rings (SSSR count). The highest BCUT2D eigenvalue weighted by atomic mass is 32.1. The van der Waals surface area contributed by atoms with E-state index in [0.717, 1.165) is 11.6 Å². The number of nitrogens with zero attached hydrogens (tertiary/aromatic N) is 4. The number of hydrogen-bond donors (Lipinski definition) is 0. The molecule has 0 saturated heterocycles. The van der Waals surface area contributed by atoms with Crippen LogP contribution in [0.25, 0.3) is 0 Å². The zero-order chi connectivity index (χ0) is 25.1. The van der Waals surface area contributed by atoms with E-state index in [1.807, 2.05) is 0 Å². The van der Waals surface area contributed by atoms with Crippen molar-refractivity contribution in [2.45, 2.75) is 0 Å². The minimum atomic E-state index is 1.12. The van der Waals surface area contributed by atoms with Gasteiger partial charge in [-0.05, 0) is 94.3 Å². The molecule has 0 bridgehead atoms. The maximum Gasteiger partial charge on any atom is 0.167 e. The van der Waals surface area contributed by atoms with Crippen LogP contribution in [0.4, 0.5) is 42.8 Å². The molecule has 6 heterocycles. The normalized spacial score (nSPS) is 14.5. The average Bonchev–Trinajstić information content (AvgIpc) is 3.78. The van der Waals surface area contributed by atoms with Crippen LogP contribution in [0.15, 0.2) is 130 Å². The van der Waals surface area contributed by atoms with Crippen molar-refractivity contribution in [1.29, 1.82) is 0 Å². The Kier molecular flexibility index (Phi) is 5.19. The zero-order valence-corrected chi connectivity index (χ0v) is 23.2. The molecular formula is C30H20N4S4. The minimum absolute atomic E-state index is 1.12. The van der Waals surface area contributed by atoms with Crippen molar-refractivity contribution in [3.8, 4) is 0 Å². The summed E-state index contributed by atoms with van der Waals surface area (Å²) in [5, 5.41) is 13.4. The van der Waals surface area contributed by atoms with Gasteiger partial charge in [0.25, 0.3) is 0 Å². The largest absolute Gasteiger partial charge is 0.282 e. The Labute approximate surface area is 236 Å². The van der Waals surface area contributed by atoms with Crippen LogP contribution in [0.3, 0.4) is 0 Å². The maximum absolute atomic E-state index is 2.43. The fourth-order valence-corrected chi connectivity index (χ4v) is 8.20. The highest BCUT2D eigenvalue weighted by molar-refractivity contribution is 7.15. The summed E-state index contributed by atoms with van der Waals surface area (Å²) in [5.74, 6) is 2.24. The second-order valence-electron chi connectivity index (χ2n) is 8.77. The molecule has 184 valence electrons. The molecule has 2 aliphatic rings. The lowest BCUT2D eigenvalue weighted by Crippen LogP contribution is -2.32. The van der Waals surface area contributed by atoms with Crippen LogP contribution in [0.2, 0.25) is 0 Å². The third-order valence-corrected chi connectivity index (χ3v) is 10.1. The van der Waals surface area contributed by atoms with Gasteiger partial charge in [-0.3, -0.25) is 19.6 Å². The monoisotopic (exact) mass is 564 g/mol. The van der Waals surface area contributed by atoms with Crippen LogP contribution in [-0.2, 0) is 0 Å². The summed E-state index contributed by atoms with van der Waals surface area (Å²) in [6, 6.07) is 34.9. The van der Waals surface area contributed by atoms with Gasteiger partial charge in [0.05, 0.1) is 22.7 Å². The van der Waals surface area contributed by atoms with E-state index < -0.39 is 0 Å². The molecule has 4 aromatic heterocycles. The number of benzene rings is 2. The minimum Gasteiger partial charge on any atom is -0.282 e. The van der Waals surface area contributed by atoms with Gasteiger partial charge in [-0.25, -0.2) is 0 Å². The van der Waals surface area contributed by atoms with Crippen LogP contribution >= 0.6 is 45.3 Å². The average molecular weight is 565 g/mol. The number of anilines is 8. The number of hydrogen-bond acceptors (Lipinski definition) is 8. The molecule has 0 radical (unpaired) electrons. The summed E-state index contributed by atoms with van der Waals surface area (Å²) in [5.41, 5.74) is 4.72. The molecule has 0 saturated carbocycles. The van der Waals surface area contributed by atoms with E-state index in [0.29, 0.717) is 0 Å². The van der Waals surface area contributed by atoms with Crippen molar-refractivity contribution >= 4 is 88.1 Å². The lowest BCUT2D eigenvalue weighted by atomic mass is 10.2. The van der Waals surface area contributed by atoms with E-state index >= 15 is 0 Å². The van der Waals surface area contributed by atoms with E-state index in [2.05, 4.69) is 138 Å². The molecule has 4 nitrogen and oxygen atoms in total. The fourth-order valence-electron chi connectivity index (χ4n) is 5.22. The number of para-hydroxylation sites is 4. The summed E-state index contributed by atoms with van der Waals surface area (Å²) in [6.07, 6.45) is 0. The van der Waals surface area contributed by atoms with Gasteiger partial charge < -0.3 is 0 Å². The maximum atomic E-state index is 2.43. The van der Waals surface area contributed by atoms with Crippen LogP contribution in [0.5, 0.6) is 0 Å². The van der Waals surface area contributed by atoms with E-state index in [4.69, 9.17) is 0 Å². The molecule has 0 unspecified atom stereocenters. The van der Waals surface area contributed by atoms with Gasteiger partial charge in [0, 0.05) is 0 Å². The van der Waals surface area contributed by atoms with Crippen molar-refractivity contribution in [2.24, 2.45) is 0 Å². The Morgan fingerprint density at radius 2 is 0.579 bits per heavy atom. The third-order valence-electron chi connectivity index (χ3n) is 6.68. The molecule has 0 amide bonds. The molecule has 2 aliphatic heterocycles. The molecule has 8 heteroatoms. The van der Waals surface area contributed by atoms with Crippen molar-refractivity contribution in [3.63, 3.8) is 0 Å². The first-order valence-corrected chi connectivity index (χ1v) is 15.7. The van der Waals surface area contributed by atoms with E-state index in [1.54, 1.807) is 45.3 Å². The standard InChI is InChI=1S/C30H20N4S4/c1-2-10-22-21(9-1)31(25-13-5-17-35-25)29(32(22)26-14-6-18-36-26)30-33(27-15-7-19-37-27)23-11-3-4-12-24(23)34(30)28-16-8-20-38-28/h1-20H. The van der Waals surface area contributed by atoms with Crippen molar-refractivity contribution in [3.05, 3.63) is 130 Å². The van der Waals surface area contributed by atoms with Gasteiger partial charge in [0.2, 0.25) is 0 Å². The lowest BCUT2D eigenvalue weighted by molar-refractivity contribution is 1.03. The predicted molar refractivity (Wildman–Crippen MR) is 166 cm³/mol. The Bertz CT molecular complexity index is 1480. The van der Waals surface area contributed by atoms with Crippen molar-refractivity contribution in [2.75, 3.05) is 19.6 Å². The van der Waals surface area contributed by atoms with Crippen LogP contribution in [0.1, 0.15) is 0 Å². The van der Waals surface area contributed by atoms with E-state index in [9.17, 15) is 0 Å². The number of thiophene rings is 4. The Hall–Kier alpha value is -3.82. The molecule has 0 spiro atoms. The first kappa shape index (κ1) is 22.2. The molecular weight excluding hydrogens is 545 g/mol. The second kappa shape index (κ2) is 8.89. The SMILES string of the molecule is c1csc(N2C(=C3N(c4cccs4)c4ccccc4N3c3cccs3)N(c3cccs3)c3ccccc32)c1. The van der Waals surface area contributed by atoms with E-state index in [-0.39, 0.29) is 0 Å². The summed E-state index contributed by atoms with van der Waals surface area (Å²) in [7, 11) is 0. The highest BCUT2D eigenvalue weighted by Crippen LogP contribution is 2.58. The quantitative estimate of drug-likeness (QED) is 0.211. The molecule has 0 aliphatic carbocycles. The number of rotatable bonds is 4. The molecule has 2 aromatic carbocycles. The molecule has 0 atom stereocenters. The fraction of sp³-hybridized carbons (Fsp3) is 0. The summed E-state index contributed by atoms with van der Waals surface area (Å²) < 4.78 is 0. The van der Waals surface area contributed by atoms with Gasteiger partial charge in [-0.15, -0.1) is 45.3 Å². The van der Waals surface area contributed by atoms with Gasteiger partial charge in [0.15, 0.2) is 11.6 Å². The third kappa shape index (κ3) is 3.25. The van der Waals surface area contributed by atoms with Gasteiger partial charge in [-0.2, -0.15) is 0 Å².